The van der Waals surface area contributed by atoms with Crippen LogP contribution in [-0.4, -0.2) is 5.11 Å². The van der Waals surface area contributed by atoms with Crippen molar-refractivity contribution in [3.05, 3.63) is 29.3 Å². The van der Waals surface area contributed by atoms with Crippen molar-refractivity contribution in [2.45, 2.75) is 25.8 Å². The highest BCUT2D eigenvalue weighted by Crippen LogP contribution is 2.28. The number of hydrogen-bond acceptors (Lipinski definition) is 2. The summed E-state index contributed by atoms with van der Waals surface area (Å²) in [6.45, 7) is 3.39. The zero-order valence-electron chi connectivity index (χ0n) is 8.14. The summed E-state index contributed by atoms with van der Waals surface area (Å²) in [6, 6.07) is 1.68. The van der Waals surface area contributed by atoms with Crippen LogP contribution in [-0.2, 0) is 5.54 Å². The Morgan fingerprint density at radius 1 is 1.36 bits per heavy atom. The molecule has 0 aliphatic carbocycles. The number of nitrogens with two attached hydrogens (primary N) is 1. The molecule has 0 amide bonds. The number of halogens is 2. The van der Waals surface area contributed by atoms with E-state index in [1.54, 1.807) is 13.8 Å². The van der Waals surface area contributed by atoms with Gasteiger partial charge in [0.1, 0.15) is 5.82 Å². The van der Waals surface area contributed by atoms with Gasteiger partial charge in [-0.3, -0.25) is 0 Å². The molecular formula is C10H13F2NO. The minimum Gasteiger partial charge on any atom is -0.505 e. The molecule has 3 N–H and O–H groups in total. The minimum atomic E-state index is -0.918. The second kappa shape index (κ2) is 3.53. The number of rotatable bonds is 2. The van der Waals surface area contributed by atoms with Crippen LogP contribution in [0.15, 0.2) is 12.1 Å². The summed E-state index contributed by atoms with van der Waals surface area (Å²) in [5.41, 5.74) is 4.93. The van der Waals surface area contributed by atoms with Gasteiger partial charge in [0.15, 0.2) is 11.6 Å². The van der Waals surface area contributed by atoms with Crippen molar-refractivity contribution in [3.63, 3.8) is 0 Å². The average molecular weight is 201 g/mol. The van der Waals surface area contributed by atoms with E-state index in [0.29, 0.717) is 6.42 Å². The lowest BCUT2D eigenvalue weighted by Gasteiger charge is -2.23. The second-order valence-corrected chi connectivity index (χ2v) is 3.55. The molecule has 0 saturated carbocycles. The first-order valence-electron chi connectivity index (χ1n) is 4.36. The standard InChI is InChI=1S/C10H13F2NO/c1-3-10(2,13)6-4-8(12)9(14)5-7(6)11/h4-5,14H,3,13H2,1-2H3. The summed E-state index contributed by atoms with van der Waals surface area (Å²) in [7, 11) is 0. The predicted molar refractivity (Wildman–Crippen MR) is 49.9 cm³/mol. The Morgan fingerprint density at radius 2 is 1.93 bits per heavy atom. The van der Waals surface area contributed by atoms with Crippen molar-refractivity contribution in [3.8, 4) is 5.75 Å². The summed E-state index contributed by atoms with van der Waals surface area (Å²) in [5.74, 6) is -2.24. The van der Waals surface area contributed by atoms with Gasteiger partial charge in [0.05, 0.1) is 0 Å². The van der Waals surface area contributed by atoms with Crippen LogP contribution < -0.4 is 5.73 Å². The predicted octanol–water partition coefficient (Wildman–Crippen LogP) is 2.25. The van der Waals surface area contributed by atoms with E-state index < -0.39 is 22.9 Å². The number of phenolic OH excluding ortho intramolecular Hbond substituents is 1. The van der Waals surface area contributed by atoms with Gasteiger partial charge in [-0.15, -0.1) is 0 Å². The molecule has 1 rings (SSSR count). The highest BCUT2D eigenvalue weighted by atomic mass is 19.1. The molecule has 0 aliphatic rings. The molecule has 0 bridgehead atoms. The van der Waals surface area contributed by atoms with E-state index in [9.17, 15) is 8.78 Å². The maximum Gasteiger partial charge on any atom is 0.165 e. The third kappa shape index (κ3) is 1.85. The van der Waals surface area contributed by atoms with Gasteiger partial charge >= 0.3 is 0 Å². The van der Waals surface area contributed by atoms with Gasteiger partial charge in [-0.2, -0.15) is 0 Å². The third-order valence-corrected chi connectivity index (χ3v) is 2.39. The maximum absolute atomic E-state index is 13.3. The number of benzene rings is 1. The van der Waals surface area contributed by atoms with Crippen LogP contribution >= 0.6 is 0 Å². The third-order valence-electron chi connectivity index (χ3n) is 2.39. The summed E-state index contributed by atoms with van der Waals surface area (Å²) in [5, 5.41) is 8.91. The normalized spacial score (nSPS) is 15.2. The van der Waals surface area contributed by atoms with E-state index in [1.165, 1.54) is 0 Å². The Labute approximate surface area is 81.4 Å². The van der Waals surface area contributed by atoms with E-state index in [1.807, 2.05) is 0 Å². The first-order valence-corrected chi connectivity index (χ1v) is 4.36. The fourth-order valence-corrected chi connectivity index (χ4v) is 1.16. The fraction of sp³-hybridized carbons (Fsp3) is 0.400. The zero-order valence-corrected chi connectivity index (χ0v) is 8.14. The maximum atomic E-state index is 13.3. The van der Waals surface area contributed by atoms with Crippen molar-refractivity contribution in [1.82, 2.24) is 0 Å². The summed E-state index contributed by atoms with van der Waals surface area (Å²) >= 11 is 0. The Hall–Kier alpha value is -1.16. The Bertz CT molecular complexity index is 350. The molecule has 14 heavy (non-hydrogen) atoms. The molecule has 1 aromatic rings. The number of aromatic hydroxyl groups is 1. The molecule has 2 nitrogen and oxygen atoms in total. The topological polar surface area (TPSA) is 46.2 Å². The number of phenols is 1. The van der Waals surface area contributed by atoms with Gasteiger partial charge in [-0.05, 0) is 19.4 Å². The SMILES string of the molecule is CCC(C)(N)c1cc(F)c(O)cc1F. The molecular weight excluding hydrogens is 188 g/mol. The van der Waals surface area contributed by atoms with Crippen LogP contribution in [0.5, 0.6) is 5.75 Å². The van der Waals surface area contributed by atoms with Gasteiger partial charge < -0.3 is 10.8 Å². The van der Waals surface area contributed by atoms with Crippen molar-refractivity contribution < 1.29 is 13.9 Å². The van der Waals surface area contributed by atoms with Crippen molar-refractivity contribution in [2.75, 3.05) is 0 Å². The van der Waals surface area contributed by atoms with Gasteiger partial charge in [-0.1, -0.05) is 6.92 Å². The first kappa shape index (κ1) is 10.9. The van der Waals surface area contributed by atoms with Gasteiger partial charge in [-0.25, -0.2) is 8.78 Å². The largest absolute Gasteiger partial charge is 0.505 e. The van der Waals surface area contributed by atoms with Crippen LogP contribution in [0.2, 0.25) is 0 Å². The molecule has 1 unspecified atom stereocenters. The molecule has 1 atom stereocenters. The molecule has 4 heteroatoms. The lowest BCUT2D eigenvalue weighted by molar-refractivity contribution is 0.407. The van der Waals surface area contributed by atoms with Crippen LogP contribution in [0.4, 0.5) is 8.78 Å². The highest BCUT2D eigenvalue weighted by Gasteiger charge is 2.24. The molecule has 0 saturated heterocycles. The quantitative estimate of drug-likeness (QED) is 0.770. The van der Waals surface area contributed by atoms with E-state index in [-0.39, 0.29) is 5.56 Å². The highest BCUT2D eigenvalue weighted by molar-refractivity contribution is 5.33. The Morgan fingerprint density at radius 3 is 2.43 bits per heavy atom. The monoisotopic (exact) mass is 201 g/mol. The molecule has 0 aromatic heterocycles. The van der Waals surface area contributed by atoms with Crippen molar-refractivity contribution in [2.24, 2.45) is 5.73 Å². The van der Waals surface area contributed by atoms with Crippen LogP contribution in [0, 0.1) is 11.6 Å². The first-order chi connectivity index (χ1) is 6.38. The summed E-state index contributed by atoms with van der Waals surface area (Å²) in [4.78, 5) is 0. The van der Waals surface area contributed by atoms with Gasteiger partial charge in [0, 0.05) is 17.2 Å². The second-order valence-electron chi connectivity index (χ2n) is 3.55. The molecule has 0 aliphatic heterocycles. The smallest absolute Gasteiger partial charge is 0.165 e. The van der Waals surface area contributed by atoms with Crippen LogP contribution in [0.1, 0.15) is 25.8 Å². The number of hydrogen-bond donors (Lipinski definition) is 2. The minimum absolute atomic E-state index is 0.0790. The molecule has 78 valence electrons. The van der Waals surface area contributed by atoms with Crippen molar-refractivity contribution in [1.29, 1.82) is 0 Å². The zero-order chi connectivity index (χ0) is 10.9. The van der Waals surface area contributed by atoms with E-state index in [2.05, 4.69) is 0 Å². The Kier molecular flexibility index (Phi) is 2.76. The molecule has 0 radical (unpaired) electrons. The van der Waals surface area contributed by atoms with Gasteiger partial charge in [0.25, 0.3) is 0 Å². The molecule has 0 fully saturated rings. The molecule has 0 spiro atoms. The van der Waals surface area contributed by atoms with Gasteiger partial charge in [0.2, 0.25) is 0 Å². The van der Waals surface area contributed by atoms with Crippen LogP contribution in [0.25, 0.3) is 0 Å². The van der Waals surface area contributed by atoms with Crippen LogP contribution in [0.3, 0.4) is 0 Å². The summed E-state index contributed by atoms with van der Waals surface area (Å²) in [6.07, 6.45) is 0.480. The lowest BCUT2D eigenvalue weighted by atomic mass is 9.90. The van der Waals surface area contributed by atoms with E-state index in [4.69, 9.17) is 10.8 Å². The van der Waals surface area contributed by atoms with Crippen molar-refractivity contribution >= 4 is 0 Å². The average Bonchev–Trinajstić information content (AvgIpc) is 2.11. The Balaban J connectivity index is 3.29. The molecule has 1 aromatic carbocycles. The fourth-order valence-electron chi connectivity index (χ4n) is 1.16. The van der Waals surface area contributed by atoms with E-state index >= 15 is 0 Å². The van der Waals surface area contributed by atoms with E-state index in [0.717, 1.165) is 12.1 Å². The summed E-state index contributed by atoms with van der Waals surface area (Å²) < 4.78 is 26.3. The molecule has 0 heterocycles. The lowest BCUT2D eigenvalue weighted by Crippen LogP contribution is -2.33.